The molecule has 0 saturated carbocycles. The third-order valence-corrected chi connectivity index (χ3v) is 5.40. The Morgan fingerprint density at radius 1 is 1.10 bits per heavy atom. The van der Waals surface area contributed by atoms with E-state index in [1.807, 2.05) is 0 Å². The Kier molecular flexibility index (Phi) is 6.24. The first-order valence-electron chi connectivity index (χ1n) is 9.10. The maximum Gasteiger partial charge on any atom is 0.294 e. The fourth-order valence-corrected chi connectivity index (χ4v) is 3.64. The molecule has 0 radical (unpaired) electrons. The van der Waals surface area contributed by atoms with Crippen molar-refractivity contribution in [1.82, 2.24) is 9.88 Å². The van der Waals surface area contributed by atoms with E-state index >= 15 is 0 Å². The number of amides is 2. The lowest BCUT2D eigenvalue weighted by atomic mass is 10.1. The fraction of sp³-hybridized carbons (Fsp3) is 0.350. The molecule has 1 aromatic heterocycles. The molecule has 162 valence electrons. The van der Waals surface area contributed by atoms with Crippen molar-refractivity contribution in [3.63, 3.8) is 0 Å². The highest BCUT2D eigenvalue weighted by Crippen LogP contribution is 2.24. The number of nitrogens with one attached hydrogen (secondary N) is 2. The molecule has 1 heterocycles. The second kappa shape index (κ2) is 8.04. The number of carbonyl (C=O) groups is 3. The van der Waals surface area contributed by atoms with Crippen LogP contribution in [-0.2, 0) is 21.9 Å². The Balaban J connectivity index is 2.40. The van der Waals surface area contributed by atoms with Crippen LogP contribution in [0.4, 0.5) is 5.69 Å². The van der Waals surface area contributed by atoms with Gasteiger partial charge >= 0.3 is 0 Å². The van der Waals surface area contributed by atoms with Crippen molar-refractivity contribution in [1.29, 1.82) is 0 Å². The van der Waals surface area contributed by atoms with Crippen molar-refractivity contribution in [2.75, 3.05) is 5.32 Å². The summed E-state index contributed by atoms with van der Waals surface area (Å²) in [5, 5.41) is 10.4. The smallest absolute Gasteiger partial charge is 0.294 e. The van der Waals surface area contributed by atoms with Crippen molar-refractivity contribution < 1.29 is 22.8 Å². The van der Waals surface area contributed by atoms with Crippen molar-refractivity contribution in [2.24, 2.45) is 12.2 Å². The summed E-state index contributed by atoms with van der Waals surface area (Å²) >= 11 is 0. The summed E-state index contributed by atoms with van der Waals surface area (Å²) in [6.45, 7) is 8.52. The number of primary sulfonamides is 1. The largest absolute Gasteiger partial charge is 0.345 e. The summed E-state index contributed by atoms with van der Waals surface area (Å²) in [5.74, 6) is -2.05. The van der Waals surface area contributed by atoms with Gasteiger partial charge in [0.25, 0.3) is 17.6 Å². The van der Waals surface area contributed by atoms with Crippen molar-refractivity contribution in [3.8, 4) is 0 Å². The van der Waals surface area contributed by atoms with Gasteiger partial charge < -0.3 is 15.2 Å². The Bertz CT molecular complexity index is 1140. The Labute approximate surface area is 175 Å². The van der Waals surface area contributed by atoms with Crippen LogP contribution in [0.15, 0.2) is 29.2 Å². The Morgan fingerprint density at radius 3 is 2.23 bits per heavy atom. The zero-order valence-electron chi connectivity index (χ0n) is 17.8. The maximum absolute atomic E-state index is 12.9. The number of rotatable bonds is 5. The zero-order chi connectivity index (χ0) is 23.0. The van der Waals surface area contributed by atoms with Crippen LogP contribution in [0.1, 0.15) is 52.9 Å². The lowest BCUT2D eigenvalue weighted by Crippen LogP contribution is -2.44. The Morgan fingerprint density at radius 2 is 1.70 bits per heavy atom. The van der Waals surface area contributed by atoms with Gasteiger partial charge in [0.1, 0.15) is 0 Å². The van der Waals surface area contributed by atoms with E-state index in [-0.39, 0.29) is 21.8 Å². The minimum Gasteiger partial charge on any atom is -0.345 e. The first-order valence-corrected chi connectivity index (χ1v) is 10.6. The van der Waals surface area contributed by atoms with E-state index in [9.17, 15) is 22.8 Å². The van der Waals surface area contributed by atoms with Gasteiger partial charge in [0.05, 0.1) is 16.2 Å². The van der Waals surface area contributed by atoms with E-state index in [0.29, 0.717) is 11.3 Å². The predicted molar refractivity (Wildman–Crippen MR) is 113 cm³/mol. The topological polar surface area (TPSA) is 140 Å². The van der Waals surface area contributed by atoms with Crippen LogP contribution in [0.2, 0.25) is 0 Å². The fourth-order valence-electron chi connectivity index (χ4n) is 3.08. The molecule has 0 aliphatic carbocycles. The third kappa shape index (κ3) is 4.95. The number of benzene rings is 1. The standard InChI is InChI=1S/C20H26N4O5S/c1-11-15(18(26)22-13-8-7-9-14(10-13)30(21,28)29)12(2)24(6)16(11)17(25)19(27)23-20(3,4)5/h7-10H,1-6H3,(H,22,26)(H,23,27)(H2,21,28,29). The average molecular weight is 435 g/mol. The number of anilines is 1. The average Bonchev–Trinajstić information content (AvgIpc) is 2.81. The van der Waals surface area contributed by atoms with E-state index in [4.69, 9.17) is 5.14 Å². The lowest BCUT2D eigenvalue weighted by molar-refractivity contribution is -0.118. The quantitative estimate of drug-likeness (QED) is 0.485. The molecule has 10 heteroatoms. The number of nitrogens with zero attached hydrogens (tertiary/aromatic N) is 1. The molecule has 0 aliphatic rings. The normalized spacial score (nSPS) is 11.8. The van der Waals surface area contributed by atoms with Crippen LogP contribution in [0.5, 0.6) is 0 Å². The number of ketones is 1. The SMILES string of the molecule is Cc1c(C(=O)Nc2cccc(S(N)(=O)=O)c2)c(C)n(C)c1C(=O)C(=O)NC(C)(C)C. The van der Waals surface area contributed by atoms with Gasteiger partial charge in [-0.3, -0.25) is 14.4 Å². The second-order valence-corrected chi connectivity index (χ2v) is 9.61. The van der Waals surface area contributed by atoms with E-state index in [0.717, 1.165) is 0 Å². The van der Waals surface area contributed by atoms with Crippen LogP contribution < -0.4 is 15.8 Å². The molecule has 0 atom stereocenters. The maximum atomic E-state index is 12.9. The number of hydrogen-bond acceptors (Lipinski definition) is 5. The molecule has 0 fully saturated rings. The van der Waals surface area contributed by atoms with Gasteiger partial charge in [-0.15, -0.1) is 0 Å². The van der Waals surface area contributed by atoms with Gasteiger partial charge in [-0.1, -0.05) is 6.07 Å². The molecular weight excluding hydrogens is 408 g/mol. The van der Waals surface area contributed by atoms with Gasteiger partial charge in [-0.25, -0.2) is 13.6 Å². The van der Waals surface area contributed by atoms with E-state index in [1.165, 1.54) is 28.8 Å². The number of hydrogen-bond donors (Lipinski definition) is 3. The predicted octanol–water partition coefficient (Wildman–Crippen LogP) is 1.64. The molecular formula is C20H26N4O5S. The van der Waals surface area contributed by atoms with Gasteiger partial charge in [-0.2, -0.15) is 0 Å². The summed E-state index contributed by atoms with van der Waals surface area (Å²) in [6, 6.07) is 5.52. The van der Waals surface area contributed by atoms with Crippen LogP contribution in [0, 0.1) is 13.8 Å². The lowest BCUT2D eigenvalue weighted by Gasteiger charge is -2.20. The highest BCUT2D eigenvalue weighted by Gasteiger charge is 2.30. The summed E-state index contributed by atoms with van der Waals surface area (Å²) < 4.78 is 24.5. The number of nitrogens with two attached hydrogens (primary N) is 1. The summed E-state index contributed by atoms with van der Waals surface area (Å²) in [6.07, 6.45) is 0. The number of aromatic nitrogens is 1. The van der Waals surface area contributed by atoms with Crippen LogP contribution >= 0.6 is 0 Å². The van der Waals surface area contributed by atoms with Gasteiger partial charge in [0.15, 0.2) is 0 Å². The van der Waals surface area contributed by atoms with Crippen LogP contribution in [0.25, 0.3) is 0 Å². The van der Waals surface area contributed by atoms with Gasteiger partial charge in [0, 0.05) is 24.0 Å². The third-order valence-electron chi connectivity index (χ3n) is 4.49. The highest BCUT2D eigenvalue weighted by molar-refractivity contribution is 7.89. The minimum absolute atomic E-state index is 0.109. The molecule has 9 nitrogen and oxygen atoms in total. The monoisotopic (exact) mass is 434 g/mol. The van der Waals surface area contributed by atoms with E-state index in [2.05, 4.69) is 10.6 Å². The summed E-state index contributed by atoms with van der Waals surface area (Å²) in [5.41, 5.74) is 0.814. The molecule has 0 unspecified atom stereocenters. The first kappa shape index (κ1) is 23.3. The zero-order valence-corrected chi connectivity index (χ0v) is 18.6. The van der Waals surface area contributed by atoms with E-state index in [1.54, 1.807) is 41.7 Å². The molecule has 2 rings (SSSR count). The molecule has 4 N–H and O–H groups in total. The van der Waals surface area contributed by atoms with E-state index < -0.39 is 33.2 Å². The van der Waals surface area contributed by atoms with Crippen LogP contribution in [0.3, 0.4) is 0 Å². The number of sulfonamides is 1. The molecule has 0 aliphatic heterocycles. The Hall–Kier alpha value is -2.98. The molecule has 30 heavy (non-hydrogen) atoms. The number of Topliss-reactive ketones (excluding diaryl/α,β-unsaturated/α-hetero) is 1. The molecule has 0 spiro atoms. The molecule has 2 aromatic rings. The first-order chi connectivity index (χ1) is 13.6. The summed E-state index contributed by atoms with van der Waals surface area (Å²) in [7, 11) is -2.33. The summed E-state index contributed by atoms with van der Waals surface area (Å²) in [4.78, 5) is 37.8. The van der Waals surface area contributed by atoms with Gasteiger partial charge in [-0.05, 0) is 58.4 Å². The molecule has 0 bridgehead atoms. The minimum atomic E-state index is -3.93. The van der Waals surface area contributed by atoms with Crippen molar-refractivity contribution in [3.05, 3.63) is 46.8 Å². The van der Waals surface area contributed by atoms with Crippen LogP contribution in [-0.4, -0.2) is 36.1 Å². The molecule has 2 amide bonds. The number of carbonyl (C=O) groups excluding carboxylic acids is 3. The van der Waals surface area contributed by atoms with Gasteiger partial charge in [0.2, 0.25) is 10.0 Å². The van der Waals surface area contributed by atoms with Crippen molar-refractivity contribution >= 4 is 33.3 Å². The second-order valence-electron chi connectivity index (χ2n) is 8.05. The highest BCUT2D eigenvalue weighted by atomic mass is 32.2. The van der Waals surface area contributed by atoms with Crippen molar-refractivity contribution in [2.45, 2.75) is 45.1 Å². The molecule has 0 saturated heterocycles. The molecule has 1 aromatic carbocycles.